The summed E-state index contributed by atoms with van der Waals surface area (Å²) in [4.78, 5) is 0. The third kappa shape index (κ3) is 4.55. The first-order valence-corrected chi connectivity index (χ1v) is 6.31. The molecule has 102 valence electrons. The zero-order valence-electron chi connectivity index (χ0n) is 11.4. The monoisotopic (exact) mass is 253 g/mol. The van der Waals surface area contributed by atoms with E-state index in [1.807, 2.05) is 18.2 Å². The van der Waals surface area contributed by atoms with Crippen LogP contribution in [0.1, 0.15) is 25.3 Å². The average Bonchev–Trinajstić information content (AvgIpc) is 2.39. The maximum atomic E-state index is 9.64. The van der Waals surface area contributed by atoms with Gasteiger partial charge >= 0.3 is 0 Å². The first-order chi connectivity index (χ1) is 8.71. The van der Waals surface area contributed by atoms with Crippen molar-refractivity contribution in [1.29, 1.82) is 0 Å². The molecule has 0 fully saturated rings. The van der Waals surface area contributed by atoms with Crippen LogP contribution in [0.4, 0.5) is 0 Å². The molecule has 0 saturated heterocycles. The van der Waals surface area contributed by atoms with Gasteiger partial charge < -0.3 is 19.9 Å². The number of aliphatic hydroxyl groups is 1. The minimum atomic E-state index is -0.286. The molecule has 0 bridgehead atoms. The SMILES string of the molecule is CCCC(O)CNCc1cc(OC)ccc1OC. The third-order valence-corrected chi connectivity index (χ3v) is 2.80. The Morgan fingerprint density at radius 2 is 2.06 bits per heavy atom. The molecule has 0 radical (unpaired) electrons. The van der Waals surface area contributed by atoms with Crippen LogP contribution in [-0.2, 0) is 6.54 Å². The maximum Gasteiger partial charge on any atom is 0.123 e. The molecule has 0 amide bonds. The number of benzene rings is 1. The summed E-state index contributed by atoms with van der Waals surface area (Å²) < 4.78 is 10.5. The van der Waals surface area contributed by atoms with Gasteiger partial charge in [0.05, 0.1) is 20.3 Å². The van der Waals surface area contributed by atoms with E-state index in [0.717, 1.165) is 29.9 Å². The van der Waals surface area contributed by atoms with Crippen molar-refractivity contribution in [2.75, 3.05) is 20.8 Å². The fourth-order valence-electron chi connectivity index (χ4n) is 1.83. The fourth-order valence-corrected chi connectivity index (χ4v) is 1.83. The topological polar surface area (TPSA) is 50.7 Å². The van der Waals surface area contributed by atoms with Crippen molar-refractivity contribution in [2.45, 2.75) is 32.4 Å². The quantitative estimate of drug-likeness (QED) is 0.743. The maximum absolute atomic E-state index is 9.64. The van der Waals surface area contributed by atoms with Crippen molar-refractivity contribution in [2.24, 2.45) is 0 Å². The highest BCUT2D eigenvalue weighted by Gasteiger charge is 2.06. The highest BCUT2D eigenvalue weighted by atomic mass is 16.5. The number of hydrogen-bond donors (Lipinski definition) is 2. The van der Waals surface area contributed by atoms with Crippen molar-refractivity contribution in [3.05, 3.63) is 23.8 Å². The molecule has 2 N–H and O–H groups in total. The number of ether oxygens (including phenoxy) is 2. The number of methoxy groups -OCH3 is 2. The molecule has 1 aromatic rings. The zero-order chi connectivity index (χ0) is 13.4. The fraction of sp³-hybridized carbons (Fsp3) is 0.571. The van der Waals surface area contributed by atoms with Gasteiger partial charge in [-0.2, -0.15) is 0 Å². The highest BCUT2D eigenvalue weighted by molar-refractivity contribution is 5.40. The van der Waals surface area contributed by atoms with E-state index < -0.39 is 0 Å². The third-order valence-electron chi connectivity index (χ3n) is 2.80. The van der Waals surface area contributed by atoms with E-state index >= 15 is 0 Å². The molecule has 0 aliphatic heterocycles. The summed E-state index contributed by atoms with van der Waals surface area (Å²) in [6.45, 7) is 3.31. The van der Waals surface area contributed by atoms with Crippen LogP contribution in [0, 0.1) is 0 Å². The van der Waals surface area contributed by atoms with Gasteiger partial charge in [-0.05, 0) is 24.6 Å². The smallest absolute Gasteiger partial charge is 0.123 e. The highest BCUT2D eigenvalue weighted by Crippen LogP contribution is 2.23. The largest absolute Gasteiger partial charge is 0.497 e. The lowest BCUT2D eigenvalue weighted by atomic mass is 10.1. The van der Waals surface area contributed by atoms with Crippen LogP contribution in [-0.4, -0.2) is 32.0 Å². The predicted octanol–water partition coefficient (Wildman–Crippen LogP) is 1.95. The molecule has 0 heterocycles. The lowest BCUT2D eigenvalue weighted by molar-refractivity contribution is 0.160. The number of aliphatic hydroxyl groups excluding tert-OH is 1. The number of nitrogens with one attached hydrogen (secondary N) is 1. The number of rotatable bonds is 8. The standard InChI is InChI=1S/C14H23NO3/c1-4-5-12(16)10-15-9-11-8-13(17-2)6-7-14(11)18-3/h6-8,12,15-16H,4-5,9-10H2,1-3H3. The van der Waals surface area contributed by atoms with E-state index in [1.54, 1.807) is 14.2 Å². The molecule has 1 unspecified atom stereocenters. The molecule has 0 aliphatic carbocycles. The summed E-state index contributed by atoms with van der Waals surface area (Å²) in [7, 11) is 3.29. The zero-order valence-corrected chi connectivity index (χ0v) is 11.4. The molecule has 0 spiro atoms. The van der Waals surface area contributed by atoms with Crippen LogP contribution in [0.2, 0.25) is 0 Å². The molecule has 4 nitrogen and oxygen atoms in total. The summed E-state index contributed by atoms with van der Waals surface area (Å²) in [6.07, 6.45) is 1.53. The van der Waals surface area contributed by atoms with E-state index in [0.29, 0.717) is 13.1 Å². The second kappa shape index (κ2) is 7.95. The molecule has 4 heteroatoms. The van der Waals surface area contributed by atoms with Gasteiger partial charge in [-0.1, -0.05) is 13.3 Å². The van der Waals surface area contributed by atoms with Crippen molar-refractivity contribution < 1.29 is 14.6 Å². The Labute approximate surface area is 109 Å². The normalized spacial score (nSPS) is 12.2. The molecular formula is C14H23NO3. The summed E-state index contributed by atoms with van der Waals surface area (Å²) >= 11 is 0. The first-order valence-electron chi connectivity index (χ1n) is 6.31. The summed E-state index contributed by atoms with van der Waals surface area (Å²) in [5.74, 6) is 1.63. The molecule has 18 heavy (non-hydrogen) atoms. The minimum absolute atomic E-state index is 0.286. The van der Waals surface area contributed by atoms with E-state index in [4.69, 9.17) is 9.47 Å². The van der Waals surface area contributed by atoms with E-state index in [1.165, 1.54) is 0 Å². The van der Waals surface area contributed by atoms with Crippen LogP contribution >= 0.6 is 0 Å². The lowest BCUT2D eigenvalue weighted by Crippen LogP contribution is -2.26. The van der Waals surface area contributed by atoms with Gasteiger partial charge in [-0.15, -0.1) is 0 Å². The van der Waals surface area contributed by atoms with E-state index in [-0.39, 0.29) is 6.10 Å². The van der Waals surface area contributed by atoms with Gasteiger partial charge in [0.15, 0.2) is 0 Å². The Morgan fingerprint density at radius 3 is 2.67 bits per heavy atom. The van der Waals surface area contributed by atoms with Gasteiger partial charge in [0.1, 0.15) is 11.5 Å². The van der Waals surface area contributed by atoms with Crippen molar-refractivity contribution in [3.8, 4) is 11.5 Å². The van der Waals surface area contributed by atoms with Gasteiger partial charge in [0.2, 0.25) is 0 Å². The second-order valence-corrected chi connectivity index (χ2v) is 4.25. The lowest BCUT2D eigenvalue weighted by Gasteiger charge is -2.13. The minimum Gasteiger partial charge on any atom is -0.497 e. The summed E-state index contributed by atoms with van der Waals surface area (Å²) in [5.41, 5.74) is 1.03. The van der Waals surface area contributed by atoms with Crippen molar-refractivity contribution in [1.82, 2.24) is 5.32 Å². The Hall–Kier alpha value is -1.26. The molecule has 0 aromatic heterocycles. The van der Waals surface area contributed by atoms with Gasteiger partial charge in [0, 0.05) is 18.7 Å². The Balaban J connectivity index is 2.54. The Kier molecular flexibility index (Phi) is 6.54. The summed E-state index contributed by atoms with van der Waals surface area (Å²) in [6, 6.07) is 5.70. The van der Waals surface area contributed by atoms with Crippen LogP contribution < -0.4 is 14.8 Å². The molecule has 0 aliphatic rings. The molecule has 1 aromatic carbocycles. The number of hydrogen-bond acceptors (Lipinski definition) is 4. The van der Waals surface area contributed by atoms with Crippen LogP contribution in [0.5, 0.6) is 11.5 Å². The van der Waals surface area contributed by atoms with E-state index in [9.17, 15) is 5.11 Å². The molecule has 1 atom stereocenters. The molecule has 0 saturated carbocycles. The first kappa shape index (κ1) is 14.8. The van der Waals surface area contributed by atoms with Gasteiger partial charge in [0.25, 0.3) is 0 Å². The Morgan fingerprint density at radius 1 is 1.28 bits per heavy atom. The Bertz CT molecular complexity index is 355. The molecule has 1 rings (SSSR count). The van der Waals surface area contributed by atoms with Crippen molar-refractivity contribution in [3.63, 3.8) is 0 Å². The van der Waals surface area contributed by atoms with Crippen LogP contribution in [0.15, 0.2) is 18.2 Å². The second-order valence-electron chi connectivity index (χ2n) is 4.25. The molecular weight excluding hydrogens is 230 g/mol. The average molecular weight is 253 g/mol. The predicted molar refractivity (Wildman–Crippen MR) is 72.2 cm³/mol. The van der Waals surface area contributed by atoms with Crippen molar-refractivity contribution >= 4 is 0 Å². The summed E-state index contributed by atoms with van der Waals surface area (Å²) in [5, 5.41) is 12.9. The van der Waals surface area contributed by atoms with E-state index in [2.05, 4.69) is 12.2 Å². The van der Waals surface area contributed by atoms with Gasteiger partial charge in [-0.25, -0.2) is 0 Å². The van der Waals surface area contributed by atoms with Crippen LogP contribution in [0.3, 0.4) is 0 Å². The van der Waals surface area contributed by atoms with Crippen LogP contribution in [0.25, 0.3) is 0 Å². The van der Waals surface area contributed by atoms with Gasteiger partial charge in [-0.3, -0.25) is 0 Å².